The van der Waals surface area contributed by atoms with Crippen molar-refractivity contribution in [2.24, 2.45) is 0 Å². The minimum atomic E-state index is -4.39. The summed E-state index contributed by atoms with van der Waals surface area (Å²) < 4.78 is 38.4. The van der Waals surface area contributed by atoms with Crippen LogP contribution in [0.5, 0.6) is 0 Å². The maximum absolute atomic E-state index is 12.4. The van der Waals surface area contributed by atoms with E-state index in [4.69, 9.17) is 5.26 Å². The molecule has 0 aliphatic carbocycles. The SMILES string of the molecule is CCNC(C)(C#N)CCCCn1ccc(C(F)(F)F)n1. The summed E-state index contributed by atoms with van der Waals surface area (Å²) in [6, 6.07) is 3.19. The third kappa shape index (κ3) is 4.85. The molecule has 7 heteroatoms. The number of alkyl halides is 3. The lowest BCUT2D eigenvalue weighted by molar-refractivity contribution is -0.141. The molecule has 1 N–H and O–H groups in total. The molecule has 0 aromatic carbocycles. The van der Waals surface area contributed by atoms with Crippen molar-refractivity contribution < 1.29 is 13.2 Å². The lowest BCUT2D eigenvalue weighted by Crippen LogP contribution is -2.40. The van der Waals surface area contributed by atoms with E-state index in [0.29, 0.717) is 25.9 Å². The van der Waals surface area contributed by atoms with Crippen molar-refractivity contribution in [2.75, 3.05) is 6.54 Å². The minimum absolute atomic E-state index is 0.420. The fourth-order valence-electron chi connectivity index (χ4n) is 1.96. The molecule has 1 heterocycles. The molecule has 4 nitrogen and oxygen atoms in total. The summed E-state index contributed by atoms with van der Waals surface area (Å²) in [6.07, 6.45) is -0.975. The smallest absolute Gasteiger partial charge is 0.300 e. The van der Waals surface area contributed by atoms with E-state index in [1.807, 2.05) is 13.8 Å². The van der Waals surface area contributed by atoms with Crippen LogP contribution in [0.25, 0.3) is 0 Å². The molecule has 0 aliphatic heterocycles. The van der Waals surface area contributed by atoms with Crippen LogP contribution < -0.4 is 5.32 Å². The van der Waals surface area contributed by atoms with E-state index in [2.05, 4.69) is 16.5 Å². The van der Waals surface area contributed by atoms with Crippen LogP contribution in [0.4, 0.5) is 13.2 Å². The summed E-state index contributed by atoms with van der Waals surface area (Å²) >= 11 is 0. The summed E-state index contributed by atoms with van der Waals surface area (Å²) in [7, 11) is 0. The fraction of sp³-hybridized carbons (Fsp3) is 0.692. The van der Waals surface area contributed by atoms with Crippen molar-refractivity contribution in [1.29, 1.82) is 5.26 Å². The van der Waals surface area contributed by atoms with Gasteiger partial charge in [0.25, 0.3) is 0 Å². The Morgan fingerprint density at radius 2 is 2.10 bits per heavy atom. The van der Waals surface area contributed by atoms with Crippen molar-refractivity contribution >= 4 is 0 Å². The van der Waals surface area contributed by atoms with Crippen molar-refractivity contribution in [2.45, 2.75) is 51.4 Å². The molecule has 20 heavy (non-hydrogen) atoms. The minimum Gasteiger partial charge on any atom is -0.300 e. The first-order chi connectivity index (χ1) is 9.30. The number of unbranched alkanes of at least 4 members (excludes halogenated alkanes) is 1. The molecular weight excluding hydrogens is 269 g/mol. The van der Waals surface area contributed by atoms with E-state index >= 15 is 0 Å². The van der Waals surface area contributed by atoms with Crippen molar-refractivity contribution in [3.8, 4) is 6.07 Å². The number of nitrogens with zero attached hydrogens (tertiary/aromatic N) is 3. The highest BCUT2D eigenvalue weighted by atomic mass is 19.4. The molecule has 0 bridgehead atoms. The van der Waals surface area contributed by atoms with E-state index in [1.54, 1.807) is 0 Å². The summed E-state index contributed by atoms with van der Waals surface area (Å²) in [4.78, 5) is 0. The Morgan fingerprint density at radius 3 is 2.60 bits per heavy atom. The number of hydrogen-bond donors (Lipinski definition) is 1. The van der Waals surface area contributed by atoms with Crippen LogP contribution in [-0.4, -0.2) is 21.9 Å². The zero-order valence-corrected chi connectivity index (χ0v) is 11.7. The first-order valence-electron chi connectivity index (χ1n) is 6.57. The second kappa shape index (κ2) is 6.75. The Bertz CT molecular complexity index is 461. The van der Waals surface area contributed by atoms with Crippen LogP contribution in [0.1, 0.15) is 38.8 Å². The van der Waals surface area contributed by atoms with Gasteiger partial charge in [0.2, 0.25) is 0 Å². The molecule has 1 unspecified atom stereocenters. The van der Waals surface area contributed by atoms with Gasteiger partial charge in [-0.05, 0) is 38.8 Å². The Kier molecular flexibility index (Phi) is 5.57. The van der Waals surface area contributed by atoms with Crippen LogP contribution in [0.15, 0.2) is 12.3 Å². The fourth-order valence-corrected chi connectivity index (χ4v) is 1.96. The topological polar surface area (TPSA) is 53.6 Å². The number of aromatic nitrogens is 2. The van der Waals surface area contributed by atoms with Gasteiger partial charge >= 0.3 is 6.18 Å². The summed E-state index contributed by atoms with van der Waals surface area (Å²) in [5.41, 5.74) is -1.44. The molecule has 0 saturated heterocycles. The molecule has 112 valence electrons. The van der Waals surface area contributed by atoms with Gasteiger partial charge in [0.15, 0.2) is 5.69 Å². The number of halogens is 3. The number of hydrogen-bond acceptors (Lipinski definition) is 3. The summed E-state index contributed by atoms with van der Waals surface area (Å²) in [5, 5.41) is 15.7. The van der Waals surface area contributed by atoms with Crippen molar-refractivity contribution in [3.63, 3.8) is 0 Å². The highest BCUT2D eigenvalue weighted by Gasteiger charge is 2.33. The Hall–Kier alpha value is -1.55. The van der Waals surface area contributed by atoms with Crippen LogP contribution in [0.3, 0.4) is 0 Å². The van der Waals surface area contributed by atoms with Gasteiger partial charge in [0.05, 0.1) is 6.07 Å². The molecule has 0 saturated carbocycles. The lowest BCUT2D eigenvalue weighted by atomic mass is 9.96. The summed E-state index contributed by atoms with van der Waals surface area (Å²) in [5.74, 6) is 0. The molecule has 1 aromatic rings. The lowest BCUT2D eigenvalue weighted by Gasteiger charge is -2.22. The average molecular weight is 288 g/mol. The Labute approximate surface area is 116 Å². The van der Waals surface area contributed by atoms with Gasteiger partial charge in [-0.3, -0.25) is 10.00 Å². The average Bonchev–Trinajstić information content (AvgIpc) is 2.84. The molecule has 0 radical (unpaired) electrons. The van der Waals surface area contributed by atoms with Gasteiger partial charge in [-0.1, -0.05) is 6.92 Å². The first kappa shape index (κ1) is 16.5. The maximum Gasteiger partial charge on any atom is 0.435 e. The highest BCUT2D eigenvalue weighted by molar-refractivity contribution is 5.04. The van der Waals surface area contributed by atoms with Crippen LogP contribution in [0.2, 0.25) is 0 Å². The third-order valence-corrected chi connectivity index (χ3v) is 3.06. The first-order valence-corrected chi connectivity index (χ1v) is 6.57. The standard InChI is InChI=1S/C13H19F3N4/c1-3-18-12(2,10-17)7-4-5-8-20-9-6-11(19-20)13(14,15)16/h6,9,18H,3-5,7-8H2,1-2H3. The second-order valence-electron chi connectivity index (χ2n) is 4.89. The van der Waals surface area contributed by atoms with Gasteiger partial charge in [-0.15, -0.1) is 0 Å². The van der Waals surface area contributed by atoms with E-state index in [9.17, 15) is 13.2 Å². The quantitative estimate of drug-likeness (QED) is 0.785. The number of nitriles is 1. The number of aryl methyl sites for hydroxylation is 1. The largest absolute Gasteiger partial charge is 0.435 e. The predicted molar refractivity (Wildman–Crippen MR) is 68.8 cm³/mol. The molecule has 1 atom stereocenters. The monoisotopic (exact) mass is 288 g/mol. The van der Waals surface area contributed by atoms with Gasteiger partial charge < -0.3 is 0 Å². The third-order valence-electron chi connectivity index (χ3n) is 3.06. The maximum atomic E-state index is 12.4. The van der Waals surface area contributed by atoms with E-state index in [1.165, 1.54) is 10.9 Å². The van der Waals surface area contributed by atoms with Crippen LogP contribution in [0, 0.1) is 11.3 Å². The molecular formula is C13H19F3N4. The van der Waals surface area contributed by atoms with E-state index < -0.39 is 17.4 Å². The molecule has 1 aromatic heterocycles. The van der Waals surface area contributed by atoms with Crippen LogP contribution >= 0.6 is 0 Å². The van der Waals surface area contributed by atoms with Gasteiger partial charge in [-0.25, -0.2) is 0 Å². The zero-order valence-electron chi connectivity index (χ0n) is 11.7. The normalized spacial score (nSPS) is 14.8. The number of rotatable bonds is 7. The molecule has 0 aliphatic rings. The van der Waals surface area contributed by atoms with Gasteiger partial charge in [-0.2, -0.15) is 23.5 Å². The molecule has 1 rings (SSSR count). The predicted octanol–water partition coefficient (Wildman–Crippen LogP) is 2.96. The molecule has 0 fully saturated rings. The molecule has 0 amide bonds. The zero-order chi connectivity index (χ0) is 15.2. The second-order valence-corrected chi connectivity index (χ2v) is 4.89. The van der Waals surface area contributed by atoms with Crippen molar-refractivity contribution in [1.82, 2.24) is 15.1 Å². The van der Waals surface area contributed by atoms with Gasteiger partial charge in [0.1, 0.15) is 5.54 Å². The number of nitrogens with one attached hydrogen (secondary N) is 1. The molecule has 0 spiro atoms. The van der Waals surface area contributed by atoms with Gasteiger partial charge in [0, 0.05) is 12.7 Å². The Balaban J connectivity index is 2.38. The Morgan fingerprint density at radius 1 is 1.40 bits per heavy atom. The van der Waals surface area contributed by atoms with Crippen LogP contribution in [-0.2, 0) is 12.7 Å². The highest BCUT2D eigenvalue weighted by Crippen LogP contribution is 2.27. The van der Waals surface area contributed by atoms with E-state index in [0.717, 1.165) is 12.5 Å². The van der Waals surface area contributed by atoms with Crippen molar-refractivity contribution in [3.05, 3.63) is 18.0 Å². The van der Waals surface area contributed by atoms with E-state index in [-0.39, 0.29) is 0 Å². The summed E-state index contributed by atoms with van der Waals surface area (Å²) in [6.45, 7) is 4.88.